The lowest BCUT2D eigenvalue weighted by atomic mass is 10.2. The SMILES string of the molecule is C[C@H](Sc1nnc(NC[C@H]2CCCO2)s1)C(O)=C(C#N)c1nc2ccccc2[nH]1. The number of anilines is 1. The first-order valence-corrected chi connectivity index (χ1v) is 11.0. The summed E-state index contributed by atoms with van der Waals surface area (Å²) in [4.78, 5) is 7.49. The molecule has 0 amide bonds. The zero-order valence-electron chi connectivity index (χ0n) is 15.8. The van der Waals surface area contributed by atoms with Crippen molar-refractivity contribution in [2.75, 3.05) is 18.5 Å². The Balaban J connectivity index is 1.45. The van der Waals surface area contributed by atoms with Gasteiger partial charge in [-0.05, 0) is 31.9 Å². The van der Waals surface area contributed by atoms with E-state index >= 15 is 0 Å². The highest BCUT2D eigenvalue weighted by Gasteiger charge is 2.21. The fourth-order valence-electron chi connectivity index (χ4n) is 3.05. The lowest BCUT2D eigenvalue weighted by Crippen LogP contribution is -2.18. The van der Waals surface area contributed by atoms with Crippen LogP contribution in [0.2, 0.25) is 0 Å². The average Bonchev–Trinajstić information content (AvgIpc) is 3.47. The molecule has 2 aromatic heterocycles. The first kappa shape index (κ1) is 19.7. The average molecular weight is 429 g/mol. The van der Waals surface area contributed by atoms with Crippen molar-refractivity contribution in [2.24, 2.45) is 0 Å². The van der Waals surface area contributed by atoms with E-state index in [0.29, 0.717) is 16.7 Å². The maximum absolute atomic E-state index is 10.7. The summed E-state index contributed by atoms with van der Waals surface area (Å²) >= 11 is 2.76. The number of nitriles is 1. The van der Waals surface area contributed by atoms with Crippen molar-refractivity contribution >= 4 is 44.8 Å². The molecule has 150 valence electrons. The summed E-state index contributed by atoms with van der Waals surface area (Å²) in [6.07, 6.45) is 2.38. The van der Waals surface area contributed by atoms with Gasteiger partial charge in [0.05, 0.1) is 22.4 Å². The van der Waals surface area contributed by atoms with Crippen LogP contribution in [0.5, 0.6) is 0 Å². The molecule has 1 fully saturated rings. The highest BCUT2D eigenvalue weighted by atomic mass is 32.2. The van der Waals surface area contributed by atoms with Crippen molar-refractivity contribution < 1.29 is 9.84 Å². The first-order valence-electron chi connectivity index (χ1n) is 9.28. The van der Waals surface area contributed by atoms with Gasteiger partial charge in [0, 0.05) is 13.2 Å². The van der Waals surface area contributed by atoms with Crippen LogP contribution in [0.25, 0.3) is 16.6 Å². The fraction of sp³-hybridized carbons (Fsp3) is 0.368. The van der Waals surface area contributed by atoms with E-state index in [0.717, 1.165) is 35.6 Å². The van der Waals surface area contributed by atoms with Gasteiger partial charge in [-0.15, -0.1) is 10.2 Å². The molecule has 3 N–H and O–H groups in total. The molecular weight excluding hydrogens is 408 g/mol. The van der Waals surface area contributed by atoms with E-state index in [-0.39, 0.29) is 22.7 Å². The highest BCUT2D eigenvalue weighted by Crippen LogP contribution is 2.33. The number of hydrogen-bond acceptors (Lipinski definition) is 9. The molecule has 0 saturated carbocycles. The smallest absolute Gasteiger partial charge is 0.206 e. The van der Waals surface area contributed by atoms with Crippen LogP contribution in [0.4, 0.5) is 5.13 Å². The van der Waals surface area contributed by atoms with Crippen LogP contribution in [-0.4, -0.2) is 49.8 Å². The van der Waals surface area contributed by atoms with Crippen LogP contribution < -0.4 is 5.32 Å². The second kappa shape index (κ2) is 8.82. The number of H-pyrrole nitrogens is 1. The molecule has 0 spiro atoms. The normalized spacial score (nSPS) is 18.4. The van der Waals surface area contributed by atoms with Crippen molar-refractivity contribution in [3.05, 3.63) is 35.8 Å². The Bertz CT molecular complexity index is 1030. The number of aromatic amines is 1. The first-order chi connectivity index (χ1) is 14.1. The number of allylic oxidation sites excluding steroid dienone is 1. The Kier molecular flexibility index (Phi) is 5.99. The van der Waals surface area contributed by atoms with E-state index in [1.54, 1.807) is 0 Å². The second-order valence-electron chi connectivity index (χ2n) is 6.62. The van der Waals surface area contributed by atoms with Crippen LogP contribution in [0.15, 0.2) is 34.4 Å². The van der Waals surface area contributed by atoms with Gasteiger partial charge in [0.1, 0.15) is 17.4 Å². The maximum atomic E-state index is 10.7. The van der Waals surface area contributed by atoms with Gasteiger partial charge in [0.25, 0.3) is 0 Å². The summed E-state index contributed by atoms with van der Waals surface area (Å²) in [5.41, 5.74) is 1.69. The van der Waals surface area contributed by atoms with E-state index < -0.39 is 0 Å². The van der Waals surface area contributed by atoms with Crippen molar-refractivity contribution in [1.29, 1.82) is 5.26 Å². The Morgan fingerprint density at radius 3 is 3.10 bits per heavy atom. The zero-order valence-corrected chi connectivity index (χ0v) is 17.4. The van der Waals surface area contributed by atoms with Gasteiger partial charge in [0.15, 0.2) is 10.2 Å². The summed E-state index contributed by atoms with van der Waals surface area (Å²) in [7, 11) is 0. The number of aliphatic hydroxyl groups excluding tert-OH is 1. The van der Waals surface area contributed by atoms with E-state index in [1.807, 2.05) is 31.2 Å². The van der Waals surface area contributed by atoms with E-state index in [9.17, 15) is 10.4 Å². The van der Waals surface area contributed by atoms with Gasteiger partial charge in [-0.1, -0.05) is 35.2 Å². The number of hydrogen-bond donors (Lipinski definition) is 3. The van der Waals surface area contributed by atoms with Crippen molar-refractivity contribution in [1.82, 2.24) is 20.2 Å². The number of imidazole rings is 1. The summed E-state index contributed by atoms with van der Waals surface area (Å²) in [5.74, 6) is 0.315. The predicted octanol–water partition coefficient (Wildman–Crippen LogP) is 3.98. The number of para-hydroxylation sites is 2. The van der Waals surface area contributed by atoms with E-state index in [1.165, 1.54) is 23.1 Å². The van der Waals surface area contributed by atoms with Crippen molar-refractivity contribution in [3.8, 4) is 6.07 Å². The van der Waals surface area contributed by atoms with Gasteiger partial charge in [0.2, 0.25) is 5.13 Å². The fourth-order valence-corrected chi connectivity index (χ4v) is 5.01. The summed E-state index contributed by atoms with van der Waals surface area (Å²) in [5, 5.41) is 32.2. The minimum atomic E-state index is -0.378. The van der Waals surface area contributed by atoms with Crippen LogP contribution in [0.1, 0.15) is 25.6 Å². The number of thioether (sulfide) groups is 1. The van der Waals surface area contributed by atoms with Crippen LogP contribution in [0.3, 0.4) is 0 Å². The number of nitrogens with zero attached hydrogens (tertiary/aromatic N) is 4. The lowest BCUT2D eigenvalue weighted by molar-refractivity contribution is 0.120. The number of aromatic nitrogens is 4. The number of nitrogens with one attached hydrogen (secondary N) is 2. The minimum Gasteiger partial charge on any atom is -0.510 e. The summed E-state index contributed by atoms with van der Waals surface area (Å²) in [6.45, 7) is 3.35. The zero-order chi connectivity index (χ0) is 20.2. The quantitative estimate of drug-likeness (QED) is 0.294. The van der Waals surface area contributed by atoms with Gasteiger partial charge >= 0.3 is 0 Å². The summed E-state index contributed by atoms with van der Waals surface area (Å²) in [6, 6.07) is 9.56. The molecular formula is C19H20N6O2S2. The summed E-state index contributed by atoms with van der Waals surface area (Å²) < 4.78 is 6.30. The largest absolute Gasteiger partial charge is 0.510 e. The van der Waals surface area contributed by atoms with Gasteiger partial charge in [-0.3, -0.25) is 0 Å². The molecule has 0 unspecified atom stereocenters. The topological polar surface area (TPSA) is 120 Å². The standard InChI is InChI=1S/C19H20N6O2S2/c1-11(28-19-25-24-18(29-19)21-10-12-5-4-8-27-12)16(26)13(9-20)17-22-14-6-2-3-7-15(14)23-17/h2-3,6-7,11-12,26H,4-5,8,10H2,1H3,(H,21,24)(H,22,23)/t11-,12+/m0/s1. The lowest BCUT2D eigenvalue weighted by Gasteiger charge is -2.09. The van der Waals surface area contributed by atoms with Gasteiger partial charge in [-0.25, -0.2) is 4.98 Å². The molecule has 0 aliphatic carbocycles. The molecule has 1 saturated heterocycles. The number of ether oxygens (including phenoxy) is 1. The Labute approximate surface area is 176 Å². The minimum absolute atomic E-state index is 0.0411. The van der Waals surface area contributed by atoms with Gasteiger partial charge < -0.3 is 20.1 Å². The van der Waals surface area contributed by atoms with Crippen LogP contribution in [-0.2, 0) is 4.74 Å². The third kappa shape index (κ3) is 4.53. The monoisotopic (exact) mass is 428 g/mol. The van der Waals surface area contributed by atoms with Crippen LogP contribution in [0, 0.1) is 11.3 Å². The Morgan fingerprint density at radius 2 is 2.34 bits per heavy atom. The highest BCUT2D eigenvalue weighted by molar-refractivity contribution is 8.01. The number of fused-ring (bicyclic) bond motifs is 1. The van der Waals surface area contributed by atoms with E-state index in [4.69, 9.17) is 4.74 Å². The number of aliphatic hydroxyl groups is 1. The maximum Gasteiger partial charge on any atom is 0.206 e. The molecule has 3 heterocycles. The second-order valence-corrected chi connectivity index (χ2v) is 9.19. The molecule has 3 aromatic rings. The predicted molar refractivity (Wildman–Crippen MR) is 114 cm³/mol. The molecule has 0 radical (unpaired) electrons. The number of rotatable bonds is 7. The molecule has 1 aliphatic rings. The third-order valence-corrected chi connectivity index (χ3v) is 6.64. The number of benzene rings is 1. The molecule has 2 atom stereocenters. The Hall–Kier alpha value is -2.61. The molecule has 8 nitrogen and oxygen atoms in total. The third-order valence-electron chi connectivity index (χ3n) is 4.57. The molecule has 4 rings (SSSR count). The van der Waals surface area contributed by atoms with Crippen molar-refractivity contribution in [2.45, 2.75) is 35.5 Å². The molecule has 0 bridgehead atoms. The van der Waals surface area contributed by atoms with E-state index in [2.05, 4.69) is 31.6 Å². The molecule has 29 heavy (non-hydrogen) atoms. The van der Waals surface area contributed by atoms with Crippen LogP contribution >= 0.6 is 23.1 Å². The van der Waals surface area contributed by atoms with Crippen molar-refractivity contribution in [3.63, 3.8) is 0 Å². The molecule has 10 heteroatoms. The Morgan fingerprint density at radius 1 is 1.48 bits per heavy atom. The molecule has 1 aliphatic heterocycles. The van der Waals surface area contributed by atoms with Gasteiger partial charge in [-0.2, -0.15) is 5.26 Å². The molecule has 1 aromatic carbocycles.